The highest BCUT2D eigenvalue weighted by Crippen LogP contribution is 2.36. The van der Waals surface area contributed by atoms with Crippen LogP contribution in [0.1, 0.15) is 42.9 Å². The van der Waals surface area contributed by atoms with E-state index in [0.29, 0.717) is 34.4 Å². The lowest BCUT2D eigenvalue weighted by molar-refractivity contribution is -0.122. The van der Waals surface area contributed by atoms with E-state index in [2.05, 4.69) is 34.9 Å². The molecule has 0 N–H and O–H groups in total. The molecule has 0 radical (unpaired) electrons. The molecule has 0 spiro atoms. The van der Waals surface area contributed by atoms with Gasteiger partial charge >= 0.3 is 0 Å². The van der Waals surface area contributed by atoms with Crippen molar-refractivity contribution in [1.82, 2.24) is 9.47 Å². The van der Waals surface area contributed by atoms with E-state index in [1.54, 1.807) is 23.4 Å². The number of thiocarbonyl (C=S) groups is 1. The summed E-state index contributed by atoms with van der Waals surface area (Å²) in [6, 6.07) is 12.4. The van der Waals surface area contributed by atoms with Crippen molar-refractivity contribution >= 4 is 51.8 Å². The minimum Gasteiger partial charge on any atom is -0.368 e. The maximum Gasteiger partial charge on any atom is 0.270 e. The van der Waals surface area contributed by atoms with Crippen LogP contribution in [0.25, 0.3) is 6.08 Å². The predicted molar refractivity (Wildman–Crippen MR) is 151 cm³/mol. The van der Waals surface area contributed by atoms with Crippen LogP contribution in [0.4, 0.5) is 11.5 Å². The average molecular weight is 522 g/mol. The van der Waals surface area contributed by atoms with Crippen LogP contribution < -0.4 is 15.4 Å². The summed E-state index contributed by atoms with van der Waals surface area (Å²) in [5.41, 5.74) is 2.29. The molecule has 2 saturated heterocycles. The first-order valence-electron chi connectivity index (χ1n) is 12.3. The summed E-state index contributed by atoms with van der Waals surface area (Å²) in [6.07, 6.45) is 4.85. The summed E-state index contributed by atoms with van der Waals surface area (Å²) in [7, 11) is 1.70. The number of hydrogen-bond donors (Lipinski definition) is 0. The third-order valence-electron chi connectivity index (χ3n) is 6.80. The van der Waals surface area contributed by atoms with Crippen LogP contribution in [-0.4, -0.2) is 52.4 Å². The Hall–Kier alpha value is -3.09. The summed E-state index contributed by atoms with van der Waals surface area (Å²) in [6.45, 7) is 7.56. The van der Waals surface area contributed by atoms with E-state index in [4.69, 9.17) is 12.2 Å². The van der Waals surface area contributed by atoms with E-state index in [9.17, 15) is 14.9 Å². The third kappa shape index (κ3) is 5.06. The number of pyridine rings is 1. The largest absolute Gasteiger partial charge is 0.368 e. The number of nitriles is 1. The van der Waals surface area contributed by atoms with Crippen molar-refractivity contribution in [2.24, 2.45) is 7.05 Å². The van der Waals surface area contributed by atoms with Gasteiger partial charge in [-0.3, -0.25) is 19.1 Å². The summed E-state index contributed by atoms with van der Waals surface area (Å²) < 4.78 is 2.11. The number of thioether (sulfide) groups is 1. The van der Waals surface area contributed by atoms with Gasteiger partial charge in [-0.2, -0.15) is 5.26 Å². The zero-order chi connectivity index (χ0) is 25.8. The summed E-state index contributed by atoms with van der Waals surface area (Å²) in [5.74, 6) is 0.633. The molecule has 0 atom stereocenters. The van der Waals surface area contributed by atoms with E-state index in [0.717, 1.165) is 43.7 Å². The Bertz CT molecular complexity index is 1290. The number of carbonyl (C=O) groups is 1. The second-order valence-electron chi connectivity index (χ2n) is 9.06. The van der Waals surface area contributed by atoms with Crippen LogP contribution in [0.15, 0.2) is 40.0 Å². The summed E-state index contributed by atoms with van der Waals surface area (Å²) >= 11 is 6.80. The highest BCUT2D eigenvalue weighted by Gasteiger charge is 2.33. The van der Waals surface area contributed by atoms with Crippen molar-refractivity contribution in [3.8, 4) is 6.07 Å². The first-order chi connectivity index (χ1) is 17.4. The molecule has 0 bridgehead atoms. The van der Waals surface area contributed by atoms with Crippen molar-refractivity contribution in [2.45, 2.75) is 33.1 Å². The first kappa shape index (κ1) is 26.0. The van der Waals surface area contributed by atoms with E-state index < -0.39 is 0 Å². The number of piperazine rings is 1. The van der Waals surface area contributed by atoms with Gasteiger partial charge in [0.05, 0.1) is 4.91 Å². The Kier molecular flexibility index (Phi) is 8.17. The Morgan fingerprint density at radius 2 is 1.75 bits per heavy atom. The lowest BCUT2D eigenvalue weighted by atomic mass is 10.0. The predicted octanol–water partition coefficient (Wildman–Crippen LogP) is 4.28. The highest BCUT2D eigenvalue weighted by molar-refractivity contribution is 8.26. The van der Waals surface area contributed by atoms with Gasteiger partial charge in [-0.1, -0.05) is 61.9 Å². The number of anilines is 2. The molecule has 1 aromatic heterocycles. The van der Waals surface area contributed by atoms with Crippen molar-refractivity contribution in [3.05, 3.63) is 62.3 Å². The monoisotopic (exact) mass is 521 g/mol. The van der Waals surface area contributed by atoms with E-state index in [-0.39, 0.29) is 17.0 Å². The molecule has 7 nitrogen and oxygen atoms in total. The topological polar surface area (TPSA) is 72.6 Å². The number of hydrogen-bond acceptors (Lipinski definition) is 7. The summed E-state index contributed by atoms with van der Waals surface area (Å²) in [5, 5.41) is 9.72. The molecular weight excluding hydrogens is 490 g/mol. The zero-order valence-electron chi connectivity index (χ0n) is 21.0. The van der Waals surface area contributed by atoms with Crippen molar-refractivity contribution in [2.75, 3.05) is 42.5 Å². The number of unbranched alkanes of at least 4 members (excludes halogenated alkanes) is 2. The van der Waals surface area contributed by atoms with E-state index in [1.807, 2.05) is 24.3 Å². The molecule has 2 fully saturated rings. The van der Waals surface area contributed by atoms with Gasteiger partial charge in [0.15, 0.2) is 0 Å². The molecule has 2 aromatic rings. The Morgan fingerprint density at radius 1 is 1.08 bits per heavy atom. The number of benzene rings is 1. The number of para-hydroxylation sites is 1. The number of aromatic nitrogens is 1. The molecule has 2 aliphatic rings. The van der Waals surface area contributed by atoms with Gasteiger partial charge in [0.2, 0.25) is 0 Å². The fraction of sp³-hybridized carbons (Fsp3) is 0.407. The first-order valence-corrected chi connectivity index (χ1v) is 13.5. The van der Waals surface area contributed by atoms with Gasteiger partial charge in [0.1, 0.15) is 21.8 Å². The number of rotatable bonds is 7. The lowest BCUT2D eigenvalue weighted by Gasteiger charge is -2.38. The standard InChI is InChI=1S/C27H31N5O2S2/c1-4-5-9-12-32-26(34)23(36-27(32)35)17-21-19(2)22(18-28)25(33)29(3)24(21)31-15-13-30(14-16-31)20-10-7-6-8-11-20/h6-8,10-11,17H,4-5,9,12-16H2,1-3H3/b23-17-. The molecule has 4 rings (SSSR count). The molecule has 0 unspecified atom stereocenters. The Morgan fingerprint density at radius 3 is 2.39 bits per heavy atom. The molecular formula is C27H31N5O2S2. The van der Waals surface area contributed by atoms with Crippen LogP contribution in [0, 0.1) is 18.3 Å². The van der Waals surface area contributed by atoms with Crippen molar-refractivity contribution in [1.29, 1.82) is 5.26 Å². The average Bonchev–Trinajstić information content (AvgIpc) is 3.16. The fourth-order valence-corrected chi connectivity index (χ4v) is 6.04. The maximum atomic E-state index is 13.2. The number of amides is 1. The Balaban J connectivity index is 1.69. The second kappa shape index (κ2) is 11.3. The summed E-state index contributed by atoms with van der Waals surface area (Å²) in [4.78, 5) is 33.0. The molecule has 0 aliphatic carbocycles. The molecule has 0 saturated carbocycles. The lowest BCUT2D eigenvalue weighted by Crippen LogP contribution is -2.48. The molecule has 2 aliphatic heterocycles. The van der Waals surface area contributed by atoms with Crippen LogP contribution in [0.3, 0.4) is 0 Å². The van der Waals surface area contributed by atoms with Crippen molar-refractivity contribution in [3.63, 3.8) is 0 Å². The van der Waals surface area contributed by atoms with Crippen LogP contribution in [0.2, 0.25) is 0 Å². The highest BCUT2D eigenvalue weighted by atomic mass is 32.2. The molecule has 188 valence electrons. The van der Waals surface area contributed by atoms with E-state index in [1.165, 1.54) is 17.4 Å². The minimum atomic E-state index is -0.320. The van der Waals surface area contributed by atoms with E-state index >= 15 is 0 Å². The van der Waals surface area contributed by atoms with Gasteiger partial charge in [-0.25, -0.2) is 0 Å². The fourth-order valence-electron chi connectivity index (χ4n) is 4.75. The second-order valence-corrected chi connectivity index (χ2v) is 10.7. The minimum absolute atomic E-state index is 0.104. The van der Waals surface area contributed by atoms with Crippen LogP contribution >= 0.6 is 24.0 Å². The van der Waals surface area contributed by atoms with Gasteiger partial charge in [0, 0.05) is 51.0 Å². The quantitative estimate of drug-likeness (QED) is 0.306. The molecule has 9 heteroatoms. The smallest absolute Gasteiger partial charge is 0.270 e. The molecule has 36 heavy (non-hydrogen) atoms. The number of carbonyl (C=O) groups excluding carboxylic acids is 1. The van der Waals surface area contributed by atoms with Crippen LogP contribution in [0.5, 0.6) is 0 Å². The third-order valence-corrected chi connectivity index (χ3v) is 8.18. The van der Waals surface area contributed by atoms with Gasteiger partial charge in [-0.15, -0.1) is 0 Å². The number of nitrogens with zero attached hydrogens (tertiary/aromatic N) is 5. The molecule has 3 heterocycles. The molecule has 1 aromatic carbocycles. The van der Waals surface area contributed by atoms with Crippen LogP contribution in [-0.2, 0) is 11.8 Å². The zero-order valence-corrected chi connectivity index (χ0v) is 22.6. The SMILES string of the molecule is CCCCCN1C(=O)/C(=C/c2c(C)c(C#N)c(=O)n(C)c2N2CCN(c3ccccc3)CC2)SC1=S. The van der Waals surface area contributed by atoms with Gasteiger partial charge in [-0.05, 0) is 37.1 Å². The maximum absolute atomic E-state index is 13.2. The molecule has 1 amide bonds. The van der Waals surface area contributed by atoms with Gasteiger partial charge in [0.25, 0.3) is 11.5 Å². The Labute approximate surface area is 222 Å². The normalized spacial score (nSPS) is 17.3. The van der Waals surface area contributed by atoms with Crippen molar-refractivity contribution < 1.29 is 4.79 Å². The van der Waals surface area contributed by atoms with Gasteiger partial charge < -0.3 is 9.80 Å².